The molecule has 0 bridgehead atoms. The number of esters is 1. The number of aromatic nitrogens is 1. The van der Waals surface area contributed by atoms with E-state index in [-0.39, 0.29) is 68.8 Å². The van der Waals surface area contributed by atoms with Crippen LogP contribution in [0.4, 0.5) is 0 Å². The maximum absolute atomic E-state index is 12.5. The van der Waals surface area contributed by atoms with E-state index < -0.39 is 6.10 Å². The molecule has 4 rings (SSSR count). The number of pyridine rings is 1. The molecule has 0 saturated carbocycles. The van der Waals surface area contributed by atoms with Crippen LogP contribution >= 0.6 is 36.4 Å². The minimum Gasteiger partial charge on any atom is -0.466 e. The highest BCUT2D eigenvalue weighted by atomic mass is 35.5. The first-order valence-corrected chi connectivity index (χ1v) is 14.1. The molecule has 12 heteroatoms. The van der Waals surface area contributed by atoms with Crippen molar-refractivity contribution in [1.29, 1.82) is 0 Å². The van der Waals surface area contributed by atoms with Gasteiger partial charge in [-0.2, -0.15) is 0 Å². The van der Waals surface area contributed by atoms with Gasteiger partial charge in [0.25, 0.3) is 5.91 Å². The van der Waals surface area contributed by atoms with Crippen molar-refractivity contribution in [3.05, 3.63) is 101 Å². The quantitative estimate of drug-likeness (QED) is 0.131. The Hall–Kier alpha value is -3.44. The van der Waals surface area contributed by atoms with E-state index in [1.165, 1.54) is 0 Å². The van der Waals surface area contributed by atoms with Gasteiger partial charge in [0.2, 0.25) is 0 Å². The van der Waals surface area contributed by atoms with Gasteiger partial charge in [-0.15, -0.1) is 24.8 Å². The van der Waals surface area contributed by atoms with Crippen molar-refractivity contribution in [3.63, 3.8) is 0 Å². The fourth-order valence-electron chi connectivity index (χ4n) is 4.38. The molecule has 4 N–H and O–H groups in total. The second kappa shape index (κ2) is 18.4. The van der Waals surface area contributed by atoms with Gasteiger partial charge >= 0.3 is 5.97 Å². The number of aliphatic hydroxyl groups is 2. The highest BCUT2D eigenvalue weighted by molar-refractivity contribution is 6.30. The summed E-state index contributed by atoms with van der Waals surface area (Å²) in [6.45, 7) is 2.41. The maximum Gasteiger partial charge on any atom is 0.307 e. The first-order valence-electron chi connectivity index (χ1n) is 13.7. The third kappa shape index (κ3) is 10.6. The first-order chi connectivity index (χ1) is 20.4. The van der Waals surface area contributed by atoms with Crippen molar-refractivity contribution < 1.29 is 29.3 Å². The van der Waals surface area contributed by atoms with Gasteiger partial charge < -0.3 is 30.3 Å². The van der Waals surface area contributed by atoms with E-state index in [9.17, 15) is 19.8 Å². The SMILES string of the molecule is CCOC(=O)CCNC(=O)c1ccc2c(Oc3ccc(C[C@@H](CO)NC[C@H](O)c4cccc(Cl)c4)cc3)ccnc2c1.Cl.Cl. The predicted octanol–water partition coefficient (Wildman–Crippen LogP) is 5.43. The number of carbonyl (C=O) groups is 2. The first kappa shape index (κ1) is 36.8. The summed E-state index contributed by atoms with van der Waals surface area (Å²) >= 11 is 6.02. The van der Waals surface area contributed by atoms with E-state index in [0.29, 0.717) is 46.2 Å². The topological polar surface area (TPSA) is 130 Å². The smallest absolute Gasteiger partial charge is 0.307 e. The lowest BCUT2D eigenvalue weighted by atomic mass is 10.0. The summed E-state index contributed by atoms with van der Waals surface area (Å²) in [5.74, 6) is 0.547. The van der Waals surface area contributed by atoms with Gasteiger partial charge in [0.05, 0.1) is 31.3 Å². The third-order valence-electron chi connectivity index (χ3n) is 6.57. The molecule has 0 fully saturated rings. The van der Waals surface area contributed by atoms with E-state index >= 15 is 0 Å². The molecule has 1 amide bonds. The van der Waals surface area contributed by atoms with Crippen molar-refractivity contribution in [1.82, 2.24) is 15.6 Å². The minimum atomic E-state index is -0.745. The van der Waals surface area contributed by atoms with Crippen molar-refractivity contribution in [3.8, 4) is 11.5 Å². The summed E-state index contributed by atoms with van der Waals surface area (Å²) in [5, 5.41) is 27.6. The number of amides is 1. The van der Waals surface area contributed by atoms with Crippen molar-refractivity contribution in [2.45, 2.75) is 31.9 Å². The second-order valence-electron chi connectivity index (χ2n) is 9.66. The number of nitrogens with zero attached hydrogens (tertiary/aromatic N) is 1. The zero-order chi connectivity index (χ0) is 29.9. The van der Waals surface area contributed by atoms with Crippen LogP contribution in [-0.4, -0.2) is 59.4 Å². The summed E-state index contributed by atoms with van der Waals surface area (Å²) in [7, 11) is 0. The lowest BCUT2D eigenvalue weighted by Gasteiger charge is -2.19. The summed E-state index contributed by atoms with van der Waals surface area (Å²) in [6, 6.07) is 21.3. The Morgan fingerprint density at radius 3 is 2.50 bits per heavy atom. The molecule has 236 valence electrons. The van der Waals surface area contributed by atoms with Crippen LogP contribution in [0.15, 0.2) is 79.0 Å². The molecule has 0 aliphatic rings. The molecule has 0 spiro atoms. The van der Waals surface area contributed by atoms with Gasteiger partial charge in [-0.25, -0.2) is 0 Å². The molecule has 2 atom stereocenters. The highest BCUT2D eigenvalue weighted by Crippen LogP contribution is 2.29. The third-order valence-corrected chi connectivity index (χ3v) is 6.81. The number of ether oxygens (including phenoxy) is 2. The summed E-state index contributed by atoms with van der Waals surface area (Å²) in [6.07, 6.45) is 1.53. The van der Waals surface area contributed by atoms with E-state index in [4.69, 9.17) is 21.1 Å². The standard InChI is InChI=1S/C32H34ClN3O6.2ClH/c1-2-41-31(39)13-15-35-32(40)23-8-11-27-28(18-23)34-14-12-30(27)42-26-9-6-21(7-10-26)16-25(20-37)36-19-29(38)22-4-3-5-24(33)17-22;;/h3-12,14,17-18,25,29,36-38H,2,13,15-16,19-20H2,1H3,(H,35,40);2*1H/t25-,29-;;/m0../s1. The number of hydrogen-bond donors (Lipinski definition) is 4. The number of aliphatic hydroxyl groups excluding tert-OH is 2. The van der Waals surface area contributed by atoms with E-state index in [2.05, 4.69) is 15.6 Å². The van der Waals surface area contributed by atoms with Gasteiger partial charge in [-0.1, -0.05) is 35.9 Å². The average molecular weight is 665 g/mol. The molecule has 0 aliphatic heterocycles. The normalized spacial score (nSPS) is 11.9. The van der Waals surface area contributed by atoms with Crippen LogP contribution in [0, 0.1) is 0 Å². The lowest BCUT2D eigenvalue weighted by Crippen LogP contribution is -2.37. The molecule has 0 aliphatic carbocycles. The van der Waals surface area contributed by atoms with Crippen LogP contribution in [0.2, 0.25) is 5.02 Å². The van der Waals surface area contributed by atoms with Gasteiger partial charge in [0.1, 0.15) is 11.5 Å². The number of nitrogens with one attached hydrogen (secondary N) is 2. The van der Waals surface area contributed by atoms with E-state index in [1.807, 2.05) is 30.3 Å². The summed E-state index contributed by atoms with van der Waals surface area (Å²) in [5.41, 5.74) is 2.72. The molecule has 44 heavy (non-hydrogen) atoms. The van der Waals surface area contributed by atoms with Crippen LogP contribution in [0.5, 0.6) is 11.5 Å². The van der Waals surface area contributed by atoms with Crippen LogP contribution in [0.25, 0.3) is 10.9 Å². The van der Waals surface area contributed by atoms with Crippen molar-refractivity contribution in [2.75, 3.05) is 26.3 Å². The molecule has 1 aromatic heterocycles. The highest BCUT2D eigenvalue weighted by Gasteiger charge is 2.14. The lowest BCUT2D eigenvalue weighted by molar-refractivity contribution is -0.142. The van der Waals surface area contributed by atoms with Crippen LogP contribution in [0.3, 0.4) is 0 Å². The number of fused-ring (bicyclic) bond motifs is 1. The van der Waals surface area contributed by atoms with Crippen LogP contribution in [-0.2, 0) is 16.0 Å². The number of rotatable bonds is 14. The maximum atomic E-state index is 12.5. The Morgan fingerprint density at radius 2 is 1.80 bits per heavy atom. The number of hydrogen-bond acceptors (Lipinski definition) is 8. The monoisotopic (exact) mass is 663 g/mol. The zero-order valence-corrected chi connectivity index (χ0v) is 26.5. The average Bonchev–Trinajstić information content (AvgIpc) is 3.00. The van der Waals surface area contributed by atoms with E-state index in [1.54, 1.807) is 55.6 Å². The van der Waals surface area contributed by atoms with Crippen LogP contribution in [0.1, 0.15) is 40.9 Å². The Labute approximate surface area is 273 Å². The van der Waals surface area contributed by atoms with Crippen molar-refractivity contribution in [2.24, 2.45) is 0 Å². The molecule has 1 heterocycles. The number of halogens is 3. The largest absolute Gasteiger partial charge is 0.466 e. The second-order valence-corrected chi connectivity index (χ2v) is 10.1. The minimum absolute atomic E-state index is 0. The Kier molecular flexibility index (Phi) is 15.4. The molecular weight excluding hydrogens is 629 g/mol. The summed E-state index contributed by atoms with van der Waals surface area (Å²) in [4.78, 5) is 28.4. The molecule has 0 saturated heterocycles. The predicted molar refractivity (Wildman–Crippen MR) is 175 cm³/mol. The molecule has 4 aromatic rings. The summed E-state index contributed by atoms with van der Waals surface area (Å²) < 4.78 is 11.0. The molecule has 0 radical (unpaired) electrons. The molecular formula is C32H36Cl3N3O6. The fraction of sp³-hybridized carbons (Fsp3) is 0.281. The van der Waals surface area contributed by atoms with Gasteiger partial charge in [0.15, 0.2) is 0 Å². The van der Waals surface area contributed by atoms with Gasteiger partial charge in [-0.3, -0.25) is 14.6 Å². The van der Waals surface area contributed by atoms with Gasteiger partial charge in [-0.05, 0) is 73.0 Å². The molecule has 3 aromatic carbocycles. The fourth-order valence-corrected chi connectivity index (χ4v) is 4.58. The number of benzene rings is 3. The Bertz CT molecular complexity index is 1510. The molecule has 9 nitrogen and oxygen atoms in total. The number of carbonyl (C=O) groups excluding carboxylic acids is 2. The van der Waals surface area contributed by atoms with Gasteiger partial charge in [0, 0.05) is 41.3 Å². The Morgan fingerprint density at radius 1 is 1.02 bits per heavy atom. The molecule has 0 unspecified atom stereocenters. The van der Waals surface area contributed by atoms with Crippen LogP contribution < -0.4 is 15.4 Å². The van der Waals surface area contributed by atoms with E-state index in [0.717, 1.165) is 10.9 Å². The Balaban J connectivity index is 0.00000337. The zero-order valence-electron chi connectivity index (χ0n) is 24.1. The van der Waals surface area contributed by atoms with Crippen molar-refractivity contribution >= 4 is 59.2 Å².